The SMILES string of the molecule is COc1ccc(S(N)(=O)=O)cc1C(=O)N1CCOC[C@@H]1CC(=O)O. The van der Waals surface area contributed by atoms with Gasteiger partial charge in [-0.05, 0) is 18.2 Å². The number of aliphatic carboxylic acids is 1. The molecule has 1 amide bonds. The van der Waals surface area contributed by atoms with Crippen LogP contribution in [-0.4, -0.2) is 63.2 Å². The van der Waals surface area contributed by atoms with Gasteiger partial charge in [0.15, 0.2) is 0 Å². The Hall–Kier alpha value is -2.17. The van der Waals surface area contributed by atoms with E-state index in [-0.39, 0.29) is 42.4 Å². The number of nitrogens with zero attached hydrogens (tertiary/aromatic N) is 1. The molecule has 1 atom stereocenters. The van der Waals surface area contributed by atoms with Crippen molar-refractivity contribution < 1.29 is 32.6 Å². The van der Waals surface area contributed by atoms with E-state index < -0.39 is 27.9 Å². The quantitative estimate of drug-likeness (QED) is 0.734. The number of hydrogen-bond acceptors (Lipinski definition) is 6. The van der Waals surface area contributed by atoms with Crippen LogP contribution >= 0.6 is 0 Å². The first kappa shape index (κ1) is 18.2. The van der Waals surface area contributed by atoms with Crippen molar-refractivity contribution in [1.82, 2.24) is 4.90 Å². The highest BCUT2D eigenvalue weighted by Crippen LogP contribution is 2.25. The Morgan fingerprint density at radius 3 is 2.75 bits per heavy atom. The summed E-state index contributed by atoms with van der Waals surface area (Å²) in [6, 6.07) is 3.05. The van der Waals surface area contributed by atoms with E-state index in [9.17, 15) is 18.0 Å². The largest absolute Gasteiger partial charge is 0.496 e. The van der Waals surface area contributed by atoms with E-state index in [0.29, 0.717) is 0 Å². The average molecular weight is 358 g/mol. The average Bonchev–Trinajstić information content (AvgIpc) is 2.52. The van der Waals surface area contributed by atoms with Gasteiger partial charge in [0.1, 0.15) is 5.75 Å². The second-order valence-corrected chi connectivity index (χ2v) is 6.79. The second kappa shape index (κ2) is 7.16. The zero-order valence-corrected chi connectivity index (χ0v) is 13.8. The third kappa shape index (κ3) is 4.02. The molecule has 0 saturated carbocycles. The molecule has 1 aromatic carbocycles. The number of methoxy groups -OCH3 is 1. The predicted octanol–water partition coefficient (Wildman–Crippen LogP) is -0.342. The molecule has 0 aromatic heterocycles. The molecule has 1 aromatic rings. The van der Waals surface area contributed by atoms with E-state index in [0.717, 1.165) is 6.07 Å². The molecule has 1 fully saturated rings. The summed E-state index contributed by atoms with van der Waals surface area (Å²) in [5, 5.41) is 14.1. The lowest BCUT2D eigenvalue weighted by Crippen LogP contribution is -2.49. The van der Waals surface area contributed by atoms with Crippen molar-refractivity contribution >= 4 is 21.9 Å². The summed E-state index contributed by atoms with van der Waals surface area (Å²) in [6.45, 7) is 0.549. The molecule has 24 heavy (non-hydrogen) atoms. The standard InChI is InChI=1S/C14H18N2O7S/c1-22-12-3-2-10(24(15,20)21)7-11(12)14(19)16-4-5-23-8-9(16)6-13(17)18/h2-3,7,9H,4-6,8H2,1H3,(H,17,18)(H2,15,20,21)/t9-/m0/s1. The fraction of sp³-hybridized carbons (Fsp3) is 0.429. The van der Waals surface area contributed by atoms with Crippen LogP contribution in [0.4, 0.5) is 0 Å². The highest BCUT2D eigenvalue weighted by Gasteiger charge is 2.31. The molecule has 1 aliphatic rings. The van der Waals surface area contributed by atoms with Gasteiger partial charge in [-0.25, -0.2) is 13.6 Å². The van der Waals surface area contributed by atoms with Gasteiger partial charge in [0.25, 0.3) is 5.91 Å². The van der Waals surface area contributed by atoms with Crippen molar-refractivity contribution in [2.24, 2.45) is 5.14 Å². The minimum atomic E-state index is -3.99. The van der Waals surface area contributed by atoms with Gasteiger partial charge in [0, 0.05) is 6.54 Å². The van der Waals surface area contributed by atoms with Crippen LogP contribution in [0, 0.1) is 0 Å². The van der Waals surface area contributed by atoms with Crippen molar-refractivity contribution in [3.05, 3.63) is 23.8 Å². The third-order valence-electron chi connectivity index (χ3n) is 3.63. The predicted molar refractivity (Wildman–Crippen MR) is 82.3 cm³/mol. The number of ether oxygens (including phenoxy) is 2. The third-order valence-corrected chi connectivity index (χ3v) is 4.54. The Morgan fingerprint density at radius 1 is 1.46 bits per heavy atom. The molecule has 2 rings (SSSR count). The van der Waals surface area contributed by atoms with Crippen LogP contribution in [0.25, 0.3) is 0 Å². The van der Waals surface area contributed by atoms with E-state index in [1.165, 1.54) is 24.1 Å². The van der Waals surface area contributed by atoms with Crippen molar-refractivity contribution in [3.8, 4) is 5.75 Å². The van der Waals surface area contributed by atoms with E-state index in [1.807, 2.05) is 0 Å². The molecular formula is C14H18N2O7S. The number of sulfonamides is 1. The van der Waals surface area contributed by atoms with Crippen molar-refractivity contribution in [2.45, 2.75) is 17.4 Å². The molecule has 0 radical (unpaired) electrons. The fourth-order valence-corrected chi connectivity index (χ4v) is 3.02. The minimum absolute atomic E-state index is 0.00122. The van der Waals surface area contributed by atoms with E-state index in [2.05, 4.69) is 0 Å². The van der Waals surface area contributed by atoms with E-state index in [4.69, 9.17) is 19.7 Å². The molecule has 1 heterocycles. The van der Waals surface area contributed by atoms with Crippen LogP contribution in [0.5, 0.6) is 5.75 Å². The highest BCUT2D eigenvalue weighted by molar-refractivity contribution is 7.89. The molecule has 0 aliphatic carbocycles. The normalized spacial score (nSPS) is 18.2. The van der Waals surface area contributed by atoms with Crippen LogP contribution in [0.15, 0.2) is 23.1 Å². The van der Waals surface area contributed by atoms with Crippen LogP contribution in [-0.2, 0) is 19.6 Å². The number of morpholine rings is 1. The fourth-order valence-electron chi connectivity index (χ4n) is 2.48. The molecular weight excluding hydrogens is 340 g/mol. The van der Waals surface area contributed by atoms with Gasteiger partial charge in [-0.15, -0.1) is 0 Å². The van der Waals surface area contributed by atoms with Crippen LogP contribution in [0.3, 0.4) is 0 Å². The van der Waals surface area contributed by atoms with E-state index in [1.54, 1.807) is 0 Å². The maximum Gasteiger partial charge on any atom is 0.305 e. The number of carboxylic acid groups (broad SMARTS) is 1. The number of benzene rings is 1. The number of carbonyl (C=O) groups is 2. The molecule has 1 saturated heterocycles. The molecule has 3 N–H and O–H groups in total. The topological polar surface area (TPSA) is 136 Å². The smallest absolute Gasteiger partial charge is 0.305 e. The lowest BCUT2D eigenvalue weighted by Gasteiger charge is -2.35. The summed E-state index contributed by atoms with van der Waals surface area (Å²) in [7, 11) is -2.65. The summed E-state index contributed by atoms with van der Waals surface area (Å²) in [6.07, 6.45) is -0.275. The maximum atomic E-state index is 12.8. The van der Waals surface area contributed by atoms with E-state index >= 15 is 0 Å². The molecule has 1 aliphatic heterocycles. The van der Waals surface area contributed by atoms with Gasteiger partial charge in [-0.3, -0.25) is 9.59 Å². The number of nitrogens with two attached hydrogens (primary N) is 1. The molecule has 9 nitrogen and oxygen atoms in total. The van der Waals surface area contributed by atoms with Gasteiger partial charge in [0.2, 0.25) is 10.0 Å². The van der Waals surface area contributed by atoms with Crippen molar-refractivity contribution in [3.63, 3.8) is 0 Å². The minimum Gasteiger partial charge on any atom is -0.496 e. The molecule has 132 valence electrons. The monoisotopic (exact) mass is 358 g/mol. The molecule has 0 unspecified atom stereocenters. The van der Waals surface area contributed by atoms with Crippen molar-refractivity contribution in [2.75, 3.05) is 26.9 Å². The lowest BCUT2D eigenvalue weighted by atomic mass is 10.1. The molecule has 0 spiro atoms. The van der Waals surface area contributed by atoms with Crippen LogP contribution < -0.4 is 9.88 Å². The van der Waals surface area contributed by atoms with Gasteiger partial charge in [0.05, 0.1) is 43.2 Å². The maximum absolute atomic E-state index is 12.8. The number of primary sulfonamides is 1. The summed E-state index contributed by atoms with van der Waals surface area (Å²) in [5.74, 6) is -1.42. The number of carbonyl (C=O) groups excluding carboxylic acids is 1. The second-order valence-electron chi connectivity index (χ2n) is 5.23. The van der Waals surface area contributed by atoms with Crippen LogP contribution in [0.1, 0.15) is 16.8 Å². The Balaban J connectivity index is 2.41. The zero-order chi connectivity index (χ0) is 17.9. The van der Waals surface area contributed by atoms with Gasteiger partial charge >= 0.3 is 5.97 Å². The van der Waals surface area contributed by atoms with Gasteiger partial charge in [-0.2, -0.15) is 0 Å². The van der Waals surface area contributed by atoms with Gasteiger partial charge < -0.3 is 19.5 Å². The lowest BCUT2D eigenvalue weighted by molar-refractivity contribution is -0.139. The van der Waals surface area contributed by atoms with Crippen molar-refractivity contribution in [1.29, 1.82) is 0 Å². The number of carboxylic acids is 1. The zero-order valence-electron chi connectivity index (χ0n) is 13.0. The summed E-state index contributed by atoms with van der Waals surface area (Å²) >= 11 is 0. The first-order chi connectivity index (χ1) is 11.2. The Labute approximate surface area is 139 Å². The first-order valence-corrected chi connectivity index (χ1v) is 8.60. The number of amides is 1. The Kier molecular flexibility index (Phi) is 5.42. The highest BCUT2D eigenvalue weighted by atomic mass is 32.2. The molecule has 0 bridgehead atoms. The Bertz CT molecular complexity index is 747. The molecule has 10 heteroatoms. The number of rotatable bonds is 5. The van der Waals surface area contributed by atoms with Gasteiger partial charge in [-0.1, -0.05) is 0 Å². The summed E-state index contributed by atoms with van der Waals surface area (Å²) in [5.41, 5.74) is 0.00122. The number of hydrogen-bond donors (Lipinski definition) is 2. The summed E-state index contributed by atoms with van der Waals surface area (Å²) < 4.78 is 33.4. The van der Waals surface area contributed by atoms with Crippen LogP contribution in [0.2, 0.25) is 0 Å². The Morgan fingerprint density at radius 2 is 2.17 bits per heavy atom. The first-order valence-electron chi connectivity index (χ1n) is 7.05. The summed E-state index contributed by atoms with van der Waals surface area (Å²) in [4.78, 5) is 24.9.